The van der Waals surface area contributed by atoms with Gasteiger partial charge in [-0.2, -0.15) is 5.26 Å². The van der Waals surface area contributed by atoms with Gasteiger partial charge in [0.25, 0.3) is 0 Å². The van der Waals surface area contributed by atoms with Crippen molar-refractivity contribution in [3.05, 3.63) is 105 Å². The molecule has 0 radical (unpaired) electrons. The van der Waals surface area contributed by atoms with Crippen LogP contribution in [0.3, 0.4) is 0 Å². The van der Waals surface area contributed by atoms with Crippen LogP contribution < -0.4 is 14.2 Å². The molecule has 4 aromatic rings. The van der Waals surface area contributed by atoms with Crippen LogP contribution >= 0.6 is 11.6 Å². The van der Waals surface area contributed by atoms with Gasteiger partial charge in [0.2, 0.25) is 0 Å². The molecule has 1 aromatic heterocycles. The van der Waals surface area contributed by atoms with Gasteiger partial charge in [0.05, 0.1) is 28.9 Å². The van der Waals surface area contributed by atoms with E-state index in [1.807, 2.05) is 18.2 Å². The lowest BCUT2D eigenvalue weighted by Gasteiger charge is -2.20. The Labute approximate surface area is 275 Å². The van der Waals surface area contributed by atoms with E-state index in [2.05, 4.69) is 48.9 Å². The molecule has 5 rings (SSSR count). The normalized spacial score (nSPS) is 14.6. The number of aliphatic hydroxyl groups excluding tert-OH is 1. The SMILES string of the molecule is Cc1ccc(OCCCN2CC[C@@H](O)C2)c(C)c1-c1cccc(COc2cc(OCc3cncc(C#N)c3)c(C=O)cc2Cl)c1C. The van der Waals surface area contributed by atoms with Crippen LogP contribution in [0.15, 0.2) is 60.9 Å². The Bertz CT molecular complexity index is 1750. The maximum absolute atomic E-state index is 11.8. The average molecular weight is 640 g/mol. The molecule has 1 fully saturated rings. The number of aryl methyl sites for hydroxylation is 1. The number of carbonyl (C=O) groups excluding carboxylic acids is 1. The molecule has 1 aliphatic rings. The number of β-amino-alcohol motifs (C(OH)–C–C–N with tert-alkyl or cyclic N) is 1. The lowest BCUT2D eigenvalue weighted by atomic mass is 9.90. The molecule has 0 unspecified atom stereocenters. The summed E-state index contributed by atoms with van der Waals surface area (Å²) in [6.45, 7) is 9.88. The van der Waals surface area contributed by atoms with Crippen LogP contribution in [0.5, 0.6) is 17.2 Å². The fraction of sp³-hybridized carbons (Fsp3) is 0.324. The van der Waals surface area contributed by atoms with E-state index in [1.165, 1.54) is 12.3 Å². The number of nitrogens with zero attached hydrogens (tertiary/aromatic N) is 3. The minimum absolute atomic E-state index is 0.121. The largest absolute Gasteiger partial charge is 0.493 e. The summed E-state index contributed by atoms with van der Waals surface area (Å²) in [4.78, 5) is 18.1. The zero-order valence-corrected chi connectivity index (χ0v) is 27.1. The first-order chi connectivity index (χ1) is 22.3. The van der Waals surface area contributed by atoms with E-state index in [4.69, 9.17) is 31.1 Å². The van der Waals surface area contributed by atoms with E-state index in [-0.39, 0.29) is 19.3 Å². The molecule has 1 N–H and O–H groups in total. The van der Waals surface area contributed by atoms with Crippen molar-refractivity contribution in [3.8, 4) is 34.4 Å². The lowest BCUT2D eigenvalue weighted by Crippen LogP contribution is -2.24. The number of ether oxygens (including phenoxy) is 3. The molecule has 9 heteroatoms. The highest BCUT2D eigenvalue weighted by Crippen LogP contribution is 2.37. The molecule has 46 heavy (non-hydrogen) atoms. The molecule has 1 atom stereocenters. The highest BCUT2D eigenvalue weighted by Gasteiger charge is 2.20. The predicted octanol–water partition coefficient (Wildman–Crippen LogP) is 7.00. The molecule has 1 aliphatic heterocycles. The Balaban J connectivity index is 1.29. The van der Waals surface area contributed by atoms with Gasteiger partial charge in [-0.25, -0.2) is 0 Å². The summed E-state index contributed by atoms with van der Waals surface area (Å²) in [6, 6.07) is 17.2. The Hall–Kier alpha value is -4.42. The summed E-state index contributed by atoms with van der Waals surface area (Å²) in [7, 11) is 0. The highest BCUT2D eigenvalue weighted by atomic mass is 35.5. The van der Waals surface area contributed by atoms with E-state index in [0.29, 0.717) is 46.1 Å². The molecular weight excluding hydrogens is 602 g/mol. The zero-order chi connectivity index (χ0) is 32.6. The van der Waals surface area contributed by atoms with Crippen molar-refractivity contribution in [3.63, 3.8) is 0 Å². The number of aldehydes is 1. The van der Waals surface area contributed by atoms with E-state index >= 15 is 0 Å². The molecule has 1 saturated heterocycles. The second-order valence-corrected chi connectivity index (χ2v) is 12.0. The Morgan fingerprint density at radius 2 is 1.85 bits per heavy atom. The summed E-state index contributed by atoms with van der Waals surface area (Å²) in [5.74, 6) is 1.58. The van der Waals surface area contributed by atoms with Crippen molar-refractivity contribution >= 4 is 17.9 Å². The molecule has 0 bridgehead atoms. The first-order valence-corrected chi connectivity index (χ1v) is 15.8. The number of pyridine rings is 1. The summed E-state index contributed by atoms with van der Waals surface area (Å²) >= 11 is 6.51. The van der Waals surface area contributed by atoms with Crippen LogP contribution in [0.2, 0.25) is 5.02 Å². The van der Waals surface area contributed by atoms with Crippen LogP contribution in [0.25, 0.3) is 11.1 Å². The molecule has 2 heterocycles. The van der Waals surface area contributed by atoms with Crippen LogP contribution in [0.4, 0.5) is 0 Å². The number of aliphatic hydroxyl groups is 1. The van der Waals surface area contributed by atoms with Gasteiger partial charge in [-0.1, -0.05) is 35.9 Å². The van der Waals surface area contributed by atoms with Crippen molar-refractivity contribution in [2.24, 2.45) is 0 Å². The molecule has 0 aliphatic carbocycles. The number of hydrogen-bond donors (Lipinski definition) is 1. The van der Waals surface area contributed by atoms with Gasteiger partial charge >= 0.3 is 0 Å². The summed E-state index contributed by atoms with van der Waals surface area (Å²) in [6.07, 6.45) is 5.31. The second-order valence-electron chi connectivity index (χ2n) is 11.6. The maximum atomic E-state index is 11.8. The summed E-state index contributed by atoms with van der Waals surface area (Å²) in [5, 5.41) is 19.2. The molecule has 238 valence electrons. The topological polar surface area (TPSA) is 105 Å². The van der Waals surface area contributed by atoms with Gasteiger partial charge in [0.15, 0.2) is 6.29 Å². The zero-order valence-electron chi connectivity index (χ0n) is 26.4. The van der Waals surface area contributed by atoms with Gasteiger partial charge in [-0.15, -0.1) is 0 Å². The Morgan fingerprint density at radius 3 is 2.61 bits per heavy atom. The van der Waals surface area contributed by atoms with Gasteiger partial charge in [-0.3, -0.25) is 9.78 Å². The maximum Gasteiger partial charge on any atom is 0.153 e. The van der Waals surface area contributed by atoms with Gasteiger partial charge in [-0.05, 0) is 85.2 Å². The van der Waals surface area contributed by atoms with E-state index < -0.39 is 0 Å². The number of nitriles is 1. The second kappa shape index (κ2) is 15.2. The fourth-order valence-corrected chi connectivity index (χ4v) is 6.04. The molecule has 8 nitrogen and oxygen atoms in total. The van der Waals surface area contributed by atoms with Gasteiger partial charge in [0.1, 0.15) is 36.5 Å². The minimum atomic E-state index is -0.206. The molecule has 0 saturated carbocycles. The van der Waals surface area contributed by atoms with Crippen molar-refractivity contribution in [2.45, 2.75) is 52.9 Å². The van der Waals surface area contributed by atoms with E-state index in [0.717, 1.165) is 71.6 Å². The lowest BCUT2D eigenvalue weighted by molar-refractivity contribution is 0.111. The van der Waals surface area contributed by atoms with Crippen LogP contribution in [0, 0.1) is 32.1 Å². The summed E-state index contributed by atoms with van der Waals surface area (Å²) in [5.41, 5.74) is 7.98. The highest BCUT2D eigenvalue weighted by molar-refractivity contribution is 6.32. The van der Waals surface area contributed by atoms with Crippen LogP contribution in [0.1, 0.15) is 56.6 Å². The van der Waals surface area contributed by atoms with E-state index in [9.17, 15) is 9.90 Å². The molecule has 3 aromatic carbocycles. The number of hydrogen-bond acceptors (Lipinski definition) is 8. The molecule has 0 amide bonds. The minimum Gasteiger partial charge on any atom is -0.493 e. The van der Waals surface area contributed by atoms with Crippen LogP contribution in [-0.4, -0.2) is 53.6 Å². The number of halogens is 1. The van der Waals surface area contributed by atoms with Crippen molar-refractivity contribution < 1.29 is 24.1 Å². The Morgan fingerprint density at radius 1 is 1.02 bits per heavy atom. The fourth-order valence-electron chi connectivity index (χ4n) is 5.82. The van der Waals surface area contributed by atoms with Gasteiger partial charge in [0, 0.05) is 43.7 Å². The third-order valence-corrected chi connectivity index (χ3v) is 8.65. The third-order valence-electron chi connectivity index (χ3n) is 8.36. The number of carbonyl (C=O) groups is 1. The average Bonchev–Trinajstić information content (AvgIpc) is 3.48. The van der Waals surface area contributed by atoms with Gasteiger partial charge < -0.3 is 24.2 Å². The standard InChI is InChI=1S/C37H38ClN3O5/c1-24-8-9-34(44-13-5-11-41-12-10-31(43)20-41)26(3)37(24)32-7-4-6-29(25(32)2)23-46-36-16-35(30(21-42)15-33(36)38)45-22-28-14-27(17-39)18-40-19-28/h4,6-9,14-16,18-19,21,31,43H,5,10-13,20,22-23H2,1-3H3/t31-/m1/s1. The monoisotopic (exact) mass is 639 g/mol. The number of benzene rings is 3. The summed E-state index contributed by atoms with van der Waals surface area (Å²) < 4.78 is 18.4. The molecule has 0 spiro atoms. The van der Waals surface area contributed by atoms with Crippen molar-refractivity contribution in [1.82, 2.24) is 9.88 Å². The quantitative estimate of drug-likeness (QED) is 0.123. The Kier molecular flexibility index (Phi) is 10.9. The number of likely N-dealkylation sites (tertiary alicyclic amines) is 1. The smallest absolute Gasteiger partial charge is 0.153 e. The first-order valence-electron chi connectivity index (χ1n) is 15.4. The third kappa shape index (κ3) is 7.86. The van der Waals surface area contributed by atoms with E-state index in [1.54, 1.807) is 18.3 Å². The predicted molar refractivity (Wildman–Crippen MR) is 178 cm³/mol. The number of aromatic nitrogens is 1. The van der Waals surface area contributed by atoms with Crippen molar-refractivity contribution in [1.29, 1.82) is 5.26 Å². The first kappa shape index (κ1) is 33.0. The number of rotatable bonds is 13. The molecular formula is C37H38ClN3O5. The van der Waals surface area contributed by atoms with Crippen LogP contribution in [-0.2, 0) is 13.2 Å². The van der Waals surface area contributed by atoms with Crippen molar-refractivity contribution in [2.75, 3.05) is 26.2 Å².